The molecule has 0 fully saturated rings. The molecule has 1 heterocycles. The van der Waals surface area contributed by atoms with E-state index in [9.17, 15) is 0 Å². The first-order valence-electron chi connectivity index (χ1n) is 6.24. The monoisotopic (exact) mass is 349 g/mol. The molecule has 5 heteroatoms. The normalized spacial score (nSPS) is 12.8. The van der Waals surface area contributed by atoms with E-state index >= 15 is 0 Å². The minimum absolute atomic E-state index is 0.0894. The molecular weight excluding hydrogens is 338 g/mol. The lowest BCUT2D eigenvalue weighted by Gasteiger charge is -2.16. The maximum atomic E-state index is 6.08. The highest BCUT2D eigenvalue weighted by Gasteiger charge is 2.15. The van der Waals surface area contributed by atoms with E-state index in [4.69, 9.17) is 17.3 Å². The number of hydrogen-bond donors (Lipinski definition) is 1. The van der Waals surface area contributed by atoms with Crippen molar-refractivity contribution in [3.8, 4) is 0 Å². The average molecular weight is 351 g/mol. The smallest absolute Gasteiger partial charge is 0.201 e. The number of hydrogen-bond acceptors (Lipinski definition) is 2. The van der Waals surface area contributed by atoms with Gasteiger partial charge in [0, 0.05) is 9.50 Å². The molecule has 0 spiro atoms. The van der Waals surface area contributed by atoms with Crippen molar-refractivity contribution in [1.29, 1.82) is 0 Å². The first-order valence-corrected chi connectivity index (χ1v) is 7.42. The first kappa shape index (κ1) is 13.5. The molecule has 20 heavy (non-hydrogen) atoms. The Kier molecular flexibility index (Phi) is 3.44. The zero-order valence-electron chi connectivity index (χ0n) is 10.8. The molecule has 3 rings (SSSR count). The maximum absolute atomic E-state index is 6.08. The minimum Gasteiger partial charge on any atom is -0.369 e. The molecule has 3 nitrogen and oxygen atoms in total. The fourth-order valence-electron chi connectivity index (χ4n) is 2.38. The molecule has 0 aliphatic heterocycles. The van der Waals surface area contributed by atoms with Crippen molar-refractivity contribution in [3.63, 3.8) is 0 Å². The molecule has 0 aliphatic rings. The molecule has 0 radical (unpaired) electrons. The highest BCUT2D eigenvalue weighted by Crippen LogP contribution is 2.29. The molecule has 2 N–H and O–H groups in total. The maximum Gasteiger partial charge on any atom is 0.201 e. The number of anilines is 1. The molecule has 0 amide bonds. The lowest BCUT2D eigenvalue weighted by molar-refractivity contribution is 0.668. The zero-order valence-corrected chi connectivity index (χ0v) is 13.2. The van der Waals surface area contributed by atoms with Gasteiger partial charge in [0.05, 0.1) is 17.1 Å². The van der Waals surface area contributed by atoms with Gasteiger partial charge in [-0.2, -0.15) is 0 Å². The van der Waals surface area contributed by atoms with Crippen LogP contribution in [0.15, 0.2) is 46.9 Å². The van der Waals surface area contributed by atoms with Crippen LogP contribution in [0.4, 0.5) is 5.95 Å². The van der Waals surface area contributed by atoms with Crippen molar-refractivity contribution in [2.75, 3.05) is 5.73 Å². The van der Waals surface area contributed by atoms with Gasteiger partial charge in [0.1, 0.15) is 0 Å². The van der Waals surface area contributed by atoms with Gasteiger partial charge in [0.25, 0.3) is 0 Å². The third kappa shape index (κ3) is 2.30. The van der Waals surface area contributed by atoms with E-state index in [1.54, 1.807) is 0 Å². The number of imidazole rings is 1. The van der Waals surface area contributed by atoms with Crippen LogP contribution in [-0.2, 0) is 0 Å². The predicted octanol–water partition coefficient (Wildman–Crippen LogP) is 4.64. The molecule has 102 valence electrons. The van der Waals surface area contributed by atoms with E-state index in [0.29, 0.717) is 11.0 Å². The number of rotatable bonds is 2. The second-order valence-electron chi connectivity index (χ2n) is 4.70. The van der Waals surface area contributed by atoms with Crippen LogP contribution in [0.2, 0.25) is 5.02 Å². The lowest BCUT2D eigenvalue weighted by atomic mass is 10.1. The largest absolute Gasteiger partial charge is 0.369 e. The quantitative estimate of drug-likeness (QED) is 0.731. The number of benzene rings is 2. The Morgan fingerprint density at radius 1 is 1.20 bits per heavy atom. The summed E-state index contributed by atoms with van der Waals surface area (Å²) >= 11 is 9.53. The van der Waals surface area contributed by atoms with Gasteiger partial charge in [0.2, 0.25) is 5.95 Å². The molecule has 3 aromatic rings. The topological polar surface area (TPSA) is 43.8 Å². The molecule has 0 saturated heterocycles. The molecule has 0 bridgehead atoms. The number of nitrogens with zero attached hydrogens (tertiary/aromatic N) is 2. The average Bonchev–Trinajstić information content (AvgIpc) is 2.74. The molecule has 1 atom stereocenters. The summed E-state index contributed by atoms with van der Waals surface area (Å²) in [7, 11) is 0. The Morgan fingerprint density at radius 2 is 1.90 bits per heavy atom. The Labute approximate surface area is 130 Å². The summed E-state index contributed by atoms with van der Waals surface area (Å²) in [6.45, 7) is 2.10. The summed E-state index contributed by atoms with van der Waals surface area (Å²) in [4.78, 5) is 4.39. The fourth-order valence-corrected chi connectivity index (χ4v) is 2.81. The van der Waals surface area contributed by atoms with Crippen LogP contribution in [0.3, 0.4) is 0 Å². The summed E-state index contributed by atoms with van der Waals surface area (Å²) in [5.41, 5.74) is 9.04. The van der Waals surface area contributed by atoms with Gasteiger partial charge in [-0.3, -0.25) is 0 Å². The van der Waals surface area contributed by atoms with Crippen LogP contribution in [-0.4, -0.2) is 9.55 Å². The van der Waals surface area contributed by atoms with Crippen molar-refractivity contribution in [1.82, 2.24) is 9.55 Å². The van der Waals surface area contributed by atoms with E-state index in [-0.39, 0.29) is 6.04 Å². The van der Waals surface area contributed by atoms with Crippen LogP contribution in [0, 0.1) is 0 Å². The summed E-state index contributed by atoms with van der Waals surface area (Å²) in [6.07, 6.45) is 0. The summed E-state index contributed by atoms with van der Waals surface area (Å²) in [6, 6.07) is 13.9. The third-order valence-corrected chi connectivity index (χ3v) is 4.18. The molecular formula is C15H13BrClN3. The van der Waals surface area contributed by atoms with E-state index in [0.717, 1.165) is 15.5 Å². The van der Waals surface area contributed by atoms with Gasteiger partial charge < -0.3 is 10.3 Å². The number of nitrogens with two attached hydrogens (primary N) is 1. The van der Waals surface area contributed by atoms with E-state index in [1.165, 1.54) is 5.56 Å². The van der Waals surface area contributed by atoms with Gasteiger partial charge in [-0.25, -0.2) is 4.98 Å². The van der Waals surface area contributed by atoms with Crippen molar-refractivity contribution in [3.05, 3.63) is 57.5 Å². The van der Waals surface area contributed by atoms with Crippen LogP contribution in [0.1, 0.15) is 18.5 Å². The Morgan fingerprint density at radius 3 is 2.60 bits per heavy atom. The van der Waals surface area contributed by atoms with Crippen molar-refractivity contribution < 1.29 is 0 Å². The van der Waals surface area contributed by atoms with Crippen molar-refractivity contribution in [2.45, 2.75) is 13.0 Å². The van der Waals surface area contributed by atoms with Gasteiger partial charge >= 0.3 is 0 Å². The van der Waals surface area contributed by atoms with Crippen molar-refractivity contribution in [2.24, 2.45) is 0 Å². The molecule has 0 saturated carbocycles. The number of halogens is 2. The number of aromatic nitrogens is 2. The first-order chi connectivity index (χ1) is 9.56. The number of nitrogen functional groups attached to an aromatic ring is 1. The Balaban J connectivity index is 2.15. The van der Waals surface area contributed by atoms with Crippen LogP contribution in [0.5, 0.6) is 0 Å². The Bertz CT molecular complexity index is 765. The van der Waals surface area contributed by atoms with Crippen LogP contribution < -0.4 is 5.73 Å². The fraction of sp³-hybridized carbons (Fsp3) is 0.133. The summed E-state index contributed by atoms with van der Waals surface area (Å²) in [5, 5.41) is 0.682. The van der Waals surface area contributed by atoms with Gasteiger partial charge in [-0.1, -0.05) is 39.7 Å². The van der Waals surface area contributed by atoms with Gasteiger partial charge in [-0.05, 0) is 42.8 Å². The molecule has 2 aromatic carbocycles. The minimum atomic E-state index is 0.0894. The standard InChI is InChI=1S/C15H13BrClN3/c1-9(10-2-4-11(16)5-3-10)20-14-8-12(17)6-7-13(14)19-15(20)18/h2-9H,1H3,(H2,18,19). The third-order valence-electron chi connectivity index (χ3n) is 3.42. The molecule has 0 aliphatic carbocycles. The van der Waals surface area contributed by atoms with Crippen molar-refractivity contribution >= 4 is 44.5 Å². The van der Waals surface area contributed by atoms with Gasteiger partial charge in [0.15, 0.2) is 0 Å². The van der Waals surface area contributed by atoms with Crippen LogP contribution in [0.25, 0.3) is 11.0 Å². The predicted molar refractivity (Wildman–Crippen MR) is 87.1 cm³/mol. The second kappa shape index (κ2) is 5.11. The summed E-state index contributed by atoms with van der Waals surface area (Å²) in [5.74, 6) is 0.498. The summed E-state index contributed by atoms with van der Waals surface area (Å²) < 4.78 is 3.06. The molecule has 1 aromatic heterocycles. The number of fused-ring (bicyclic) bond motifs is 1. The van der Waals surface area contributed by atoms with Crippen LogP contribution >= 0.6 is 27.5 Å². The molecule has 1 unspecified atom stereocenters. The van der Waals surface area contributed by atoms with Gasteiger partial charge in [-0.15, -0.1) is 0 Å². The second-order valence-corrected chi connectivity index (χ2v) is 6.05. The zero-order chi connectivity index (χ0) is 14.3. The van der Waals surface area contributed by atoms with E-state index < -0.39 is 0 Å². The highest BCUT2D eigenvalue weighted by atomic mass is 79.9. The Hall–Kier alpha value is -1.52. The highest BCUT2D eigenvalue weighted by molar-refractivity contribution is 9.10. The van der Waals surface area contributed by atoms with E-state index in [1.807, 2.05) is 34.9 Å². The lowest BCUT2D eigenvalue weighted by Crippen LogP contribution is -2.10. The van der Waals surface area contributed by atoms with E-state index in [2.05, 4.69) is 40.0 Å². The SMILES string of the molecule is CC(c1ccc(Br)cc1)n1c(N)nc2ccc(Cl)cc21.